The average Bonchev–Trinajstić information content (AvgIpc) is 3.52. The molecule has 1 amide bonds. The van der Waals surface area contributed by atoms with Gasteiger partial charge in [-0.15, -0.1) is 11.3 Å². The lowest BCUT2D eigenvalue weighted by atomic mass is 10.1. The van der Waals surface area contributed by atoms with Crippen LogP contribution in [0.2, 0.25) is 0 Å². The molecular formula is C34H31FN2O7S. The first-order valence-electron chi connectivity index (χ1n) is 14.0. The Hall–Kier alpha value is -5.00. The van der Waals surface area contributed by atoms with Gasteiger partial charge in [-0.3, -0.25) is 9.59 Å². The molecule has 0 spiro atoms. The normalized spacial score (nSPS) is 10.8. The quantitative estimate of drug-likeness (QED) is 0.112. The second-order valence-electron chi connectivity index (χ2n) is 9.73. The van der Waals surface area contributed by atoms with Crippen molar-refractivity contribution in [3.05, 3.63) is 101 Å². The van der Waals surface area contributed by atoms with Crippen molar-refractivity contribution < 1.29 is 37.7 Å². The van der Waals surface area contributed by atoms with Crippen molar-refractivity contribution in [2.45, 2.75) is 6.61 Å². The number of aromatic nitrogens is 1. The number of ketones is 1. The number of pyridine rings is 1. The molecule has 0 saturated carbocycles. The summed E-state index contributed by atoms with van der Waals surface area (Å²) in [7, 11) is 4.60. The molecule has 45 heavy (non-hydrogen) atoms. The molecule has 1 N–H and O–H groups in total. The van der Waals surface area contributed by atoms with E-state index in [1.807, 2.05) is 24.3 Å². The van der Waals surface area contributed by atoms with E-state index in [2.05, 4.69) is 10.3 Å². The molecule has 2 heterocycles. The fourth-order valence-electron chi connectivity index (χ4n) is 4.57. The summed E-state index contributed by atoms with van der Waals surface area (Å²) < 4.78 is 42.3. The molecule has 2 aromatic heterocycles. The number of ether oxygens (including phenoxy) is 5. The molecule has 232 valence electrons. The zero-order chi connectivity index (χ0) is 31.8. The van der Waals surface area contributed by atoms with Gasteiger partial charge in [-0.2, -0.15) is 0 Å². The van der Waals surface area contributed by atoms with Crippen LogP contribution in [0.1, 0.15) is 26.4 Å². The van der Waals surface area contributed by atoms with Gasteiger partial charge in [0.25, 0.3) is 5.91 Å². The van der Waals surface area contributed by atoms with E-state index in [4.69, 9.17) is 23.7 Å². The highest BCUT2D eigenvalue weighted by molar-refractivity contribution is 7.17. The molecule has 9 nitrogen and oxygen atoms in total. The topological polar surface area (TPSA) is 105 Å². The van der Waals surface area contributed by atoms with Crippen molar-refractivity contribution in [1.29, 1.82) is 0 Å². The van der Waals surface area contributed by atoms with Crippen LogP contribution in [0.3, 0.4) is 0 Å². The summed E-state index contributed by atoms with van der Waals surface area (Å²) in [5, 5.41) is 5.09. The van der Waals surface area contributed by atoms with Crippen molar-refractivity contribution in [3.63, 3.8) is 0 Å². The van der Waals surface area contributed by atoms with E-state index in [9.17, 15) is 14.0 Å². The van der Waals surface area contributed by atoms with Gasteiger partial charge in [0.15, 0.2) is 17.3 Å². The number of carbonyl (C=O) groups excluding carboxylic acids is 2. The third-order valence-electron chi connectivity index (χ3n) is 6.92. The Morgan fingerprint density at radius 2 is 1.64 bits per heavy atom. The van der Waals surface area contributed by atoms with Crippen molar-refractivity contribution in [1.82, 2.24) is 10.3 Å². The first-order valence-corrected chi connectivity index (χ1v) is 14.8. The van der Waals surface area contributed by atoms with E-state index in [0.29, 0.717) is 51.8 Å². The van der Waals surface area contributed by atoms with Crippen LogP contribution in [0, 0.1) is 5.82 Å². The minimum absolute atomic E-state index is 0.136. The lowest BCUT2D eigenvalue weighted by Gasteiger charge is -2.13. The molecule has 5 rings (SSSR count). The Morgan fingerprint density at radius 3 is 2.40 bits per heavy atom. The van der Waals surface area contributed by atoms with Crippen molar-refractivity contribution in [3.8, 4) is 34.3 Å². The highest BCUT2D eigenvalue weighted by Crippen LogP contribution is 2.38. The molecule has 0 radical (unpaired) electrons. The van der Waals surface area contributed by atoms with Gasteiger partial charge in [-0.1, -0.05) is 24.3 Å². The Morgan fingerprint density at radius 1 is 0.867 bits per heavy atom. The minimum atomic E-state index is -0.468. The smallest absolute Gasteiger partial charge is 0.251 e. The first kappa shape index (κ1) is 31.4. The molecule has 0 unspecified atom stereocenters. The number of carbonyl (C=O) groups is 2. The van der Waals surface area contributed by atoms with Gasteiger partial charge in [0.2, 0.25) is 0 Å². The lowest BCUT2D eigenvalue weighted by molar-refractivity contribution is 0.0877. The summed E-state index contributed by atoms with van der Waals surface area (Å²) >= 11 is 1.25. The van der Waals surface area contributed by atoms with Crippen molar-refractivity contribution >= 4 is 33.1 Å². The van der Waals surface area contributed by atoms with E-state index < -0.39 is 11.7 Å². The Kier molecular flexibility index (Phi) is 10.2. The summed E-state index contributed by atoms with van der Waals surface area (Å²) in [6, 6.07) is 20.3. The predicted octanol–water partition coefficient (Wildman–Crippen LogP) is 6.34. The molecule has 0 fully saturated rings. The molecular weight excluding hydrogens is 599 g/mol. The average molecular weight is 631 g/mol. The van der Waals surface area contributed by atoms with E-state index in [-0.39, 0.29) is 30.2 Å². The molecule has 0 saturated heterocycles. The van der Waals surface area contributed by atoms with E-state index in [0.717, 1.165) is 11.3 Å². The number of nitrogens with zero attached hydrogens (tertiary/aromatic N) is 1. The maximum absolute atomic E-state index is 14.3. The Bertz CT molecular complexity index is 1810. The molecule has 0 atom stereocenters. The summed E-state index contributed by atoms with van der Waals surface area (Å²) in [5.74, 6) is 0.841. The minimum Gasteiger partial charge on any atom is -0.497 e. The Balaban J connectivity index is 1.17. The third kappa shape index (κ3) is 7.39. The van der Waals surface area contributed by atoms with Crippen molar-refractivity contribution in [2.24, 2.45) is 0 Å². The van der Waals surface area contributed by atoms with E-state index in [1.165, 1.54) is 43.8 Å². The number of hydrogen-bond donors (Lipinski definition) is 1. The molecule has 0 aliphatic rings. The zero-order valence-corrected chi connectivity index (χ0v) is 25.7. The molecule has 5 aromatic rings. The summed E-state index contributed by atoms with van der Waals surface area (Å²) in [6.07, 6.45) is 0. The lowest BCUT2D eigenvalue weighted by Crippen LogP contribution is -2.30. The molecule has 3 aromatic carbocycles. The van der Waals surface area contributed by atoms with Gasteiger partial charge in [0, 0.05) is 21.9 Å². The maximum atomic E-state index is 14.3. The van der Waals surface area contributed by atoms with Crippen LogP contribution >= 0.6 is 11.3 Å². The monoisotopic (exact) mass is 630 g/mol. The molecule has 0 aliphatic carbocycles. The Labute approximate surface area is 263 Å². The molecule has 0 aliphatic heterocycles. The number of benzene rings is 3. The standard InChI is InChI=1S/C34H31FN2O7S/c1-40-23-10-7-21(8-11-23)19-43-15-16-44-29-13-9-22(17-31(29)42-3)34(39)36-18-28(38)27-12-14-30(41-2)32(37-27)25-20-45-33-24(25)5-4-6-26(33)35/h4-14,17,20H,15-16,18-19H2,1-3H3,(H,36,39). The van der Waals surface area contributed by atoms with Gasteiger partial charge in [-0.25, -0.2) is 9.37 Å². The largest absolute Gasteiger partial charge is 0.497 e. The number of Topliss-reactive ketones (excluding diaryl/α,β-unsaturated/α-hetero) is 1. The van der Waals surface area contributed by atoms with Crippen LogP contribution in [0.25, 0.3) is 21.3 Å². The number of fused-ring (bicyclic) bond motifs is 1. The van der Waals surface area contributed by atoms with Crippen LogP contribution in [0.15, 0.2) is 78.2 Å². The number of halogens is 1. The van der Waals surface area contributed by atoms with Crippen LogP contribution in [-0.4, -0.2) is 57.8 Å². The first-order chi connectivity index (χ1) is 21.9. The van der Waals surface area contributed by atoms with Crippen LogP contribution in [0.5, 0.6) is 23.0 Å². The number of thiophene rings is 1. The van der Waals surface area contributed by atoms with E-state index in [1.54, 1.807) is 42.8 Å². The summed E-state index contributed by atoms with van der Waals surface area (Å²) in [5.41, 5.74) is 2.51. The fourth-order valence-corrected chi connectivity index (χ4v) is 5.53. The van der Waals surface area contributed by atoms with Crippen LogP contribution in [0.4, 0.5) is 4.39 Å². The zero-order valence-electron chi connectivity index (χ0n) is 24.9. The van der Waals surface area contributed by atoms with Gasteiger partial charge in [0.05, 0.1) is 45.8 Å². The SMILES string of the molecule is COc1ccc(COCCOc2ccc(C(=O)NCC(=O)c3ccc(OC)c(-c4csc5c(F)cccc45)n3)cc2OC)cc1. The van der Waals surface area contributed by atoms with E-state index >= 15 is 0 Å². The number of hydrogen-bond acceptors (Lipinski definition) is 9. The number of amides is 1. The summed E-state index contributed by atoms with van der Waals surface area (Å²) in [4.78, 5) is 30.5. The van der Waals surface area contributed by atoms with Crippen LogP contribution in [-0.2, 0) is 11.3 Å². The van der Waals surface area contributed by atoms with Gasteiger partial charge in [0.1, 0.15) is 35.3 Å². The second kappa shape index (κ2) is 14.7. The van der Waals surface area contributed by atoms with Crippen LogP contribution < -0.4 is 24.3 Å². The number of nitrogens with one attached hydrogen (secondary N) is 1. The summed E-state index contributed by atoms with van der Waals surface area (Å²) in [6.45, 7) is 0.767. The number of methoxy groups -OCH3 is 3. The van der Waals surface area contributed by atoms with Gasteiger partial charge in [-0.05, 0) is 54.1 Å². The molecule has 0 bridgehead atoms. The van der Waals surface area contributed by atoms with Crippen molar-refractivity contribution in [2.75, 3.05) is 41.1 Å². The fraction of sp³-hybridized carbons (Fsp3) is 0.206. The number of rotatable bonds is 14. The maximum Gasteiger partial charge on any atom is 0.251 e. The predicted molar refractivity (Wildman–Crippen MR) is 169 cm³/mol. The van der Waals surface area contributed by atoms with Gasteiger partial charge < -0.3 is 29.0 Å². The van der Waals surface area contributed by atoms with Gasteiger partial charge >= 0.3 is 0 Å². The molecule has 11 heteroatoms. The highest BCUT2D eigenvalue weighted by Gasteiger charge is 2.19. The third-order valence-corrected chi connectivity index (χ3v) is 7.92. The second-order valence-corrected chi connectivity index (χ2v) is 10.6. The highest BCUT2D eigenvalue weighted by atomic mass is 32.1.